The van der Waals surface area contributed by atoms with E-state index in [9.17, 15) is 23.1 Å². The minimum Gasteiger partial charge on any atom is -0.391 e. The molecule has 1 amide bonds. The molecule has 2 rings (SSSR count). The Morgan fingerprint density at radius 1 is 1.41 bits per heavy atom. The lowest BCUT2D eigenvalue weighted by Gasteiger charge is -2.15. The van der Waals surface area contributed by atoms with Crippen molar-refractivity contribution >= 4 is 11.7 Å². The van der Waals surface area contributed by atoms with Crippen LogP contribution < -0.4 is 4.90 Å². The number of carbonyl (C=O) groups is 1. The molecule has 0 bridgehead atoms. The van der Waals surface area contributed by atoms with Gasteiger partial charge in [-0.3, -0.25) is 9.69 Å². The molecule has 2 heterocycles. The third kappa shape index (κ3) is 2.36. The highest BCUT2D eigenvalue weighted by Gasteiger charge is 2.35. The number of hydrogen-bond acceptors (Lipinski definition) is 4. The molecule has 8 heteroatoms. The molecule has 92 valence electrons. The fourth-order valence-electron chi connectivity index (χ4n) is 1.56. The highest BCUT2D eigenvalue weighted by molar-refractivity contribution is 5.95. The minimum atomic E-state index is -4.58. The lowest BCUT2D eigenvalue weighted by atomic mass is 10.3. The molecule has 1 fully saturated rings. The van der Waals surface area contributed by atoms with Gasteiger partial charge in [0.15, 0.2) is 0 Å². The maximum absolute atomic E-state index is 12.4. The SMILES string of the molecule is O=C1CC(O)CN1c1cc(C(F)(F)F)ncn1. The smallest absolute Gasteiger partial charge is 0.391 e. The molecule has 17 heavy (non-hydrogen) atoms. The maximum atomic E-state index is 12.4. The Hall–Kier alpha value is -1.70. The summed E-state index contributed by atoms with van der Waals surface area (Å²) in [6.45, 7) is -0.0485. The van der Waals surface area contributed by atoms with Crippen molar-refractivity contribution in [3.05, 3.63) is 18.1 Å². The molecule has 0 aliphatic carbocycles. The quantitative estimate of drug-likeness (QED) is 0.788. The zero-order chi connectivity index (χ0) is 12.6. The third-order valence-electron chi connectivity index (χ3n) is 2.32. The van der Waals surface area contributed by atoms with Crippen molar-refractivity contribution in [1.82, 2.24) is 9.97 Å². The summed E-state index contributed by atoms with van der Waals surface area (Å²) in [5, 5.41) is 9.23. The van der Waals surface area contributed by atoms with Crippen LogP contribution in [0.25, 0.3) is 0 Å². The van der Waals surface area contributed by atoms with E-state index >= 15 is 0 Å². The fourth-order valence-corrected chi connectivity index (χ4v) is 1.56. The molecule has 5 nitrogen and oxygen atoms in total. The molecule has 0 radical (unpaired) electrons. The monoisotopic (exact) mass is 247 g/mol. The first-order chi connectivity index (χ1) is 7.88. The van der Waals surface area contributed by atoms with Gasteiger partial charge in [0.05, 0.1) is 19.1 Å². The van der Waals surface area contributed by atoms with E-state index in [1.165, 1.54) is 0 Å². The van der Waals surface area contributed by atoms with Crippen LogP contribution in [0, 0.1) is 0 Å². The van der Waals surface area contributed by atoms with Gasteiger partial charge in [-0.2, -0.15) is 13.2 Å². The number of carbonyl (C=O) groups excluding carboxylic acids is 1. The predicted octanol–water partition coefficient (Wildman–Crippen LogP) is 0.593. The average Bonchev–Trinajstić information content (AvgIpc) is 2.57. The number of hydrogen-bond donors (Lipinski definition) is 1. The minimum absolute atomic E-state index is 0.0485. The van der Waals surface area contributed by atoms with E-state index in [0.29, 0.717) is 6.07 Å². The second-order valence-corrected chi connectivity index (χ2v) is 3.62. The highest BCUT2D eigenvalue weighted by atomic mass is 19.4. The van der Waals surface area contributed by atoms with Crippen molar-refractivity contribution in [3.8, 4) is 0 Å². The van der Waals surface area contributed by atoms with Gasteiger partial charge in [-0.05, 0) is 0 Å². The Balaban J connectivity index is 2.31. The number of β-amino-alcohol motifs (C(OH)–C–C–N with tert-alkyl or cyclic N) is 1. The summed E-state index contributed by atoms with van der Waals surface area (Å²) in [4.78, 5) is 19.1. The van der Waals surface area contributed by atoms with E-state index in [4.69, 9.17) is 0 Å². The molecule has 1 atom stereocenters. The van der Waals surface area contributed by atoms with Crippen LogP contribution in [-0.4, -0.2) is 33.6 Å². The molecule has 1 saturated heterocycles. The first kappa shape index (κ1) is 11.8. The molecule has 1 unspecified atom stereocenters. The Labute approximate surface area is 93.9 Å². The van der Waals surface area contributed by atoms with Gasteiger partial charge in [-0.1, -0.05) is 0 Å². The highest BCUT2D eigenvalue weighted by Crippen LogP contribution is 2.29. The number of alkyl halides is 3. The second kappa shape index (κ2) is 3.95. The summed E-state index contributed by atoms with van der Waals surface area (Å²) in [6.07, 6.45) is -4.81. The van der Waals surface area contributed by atoms with Crippen LogP contribution in [0.2, 0.25) is 0 Å². The van der Waals surface area contributed by atoms with Crippen molar-refractivity contribution in [2.45, 2.75) is 18.7 Å². The predicted molar refractivity (Wildman–Crippen MR) is 50.0 cm³/mol. The summed E-state index contributed by atoms with van der Waals surface area (Å²) in [6, 6.07) is 0.690. The Morgan fingerprint density at radius 3 is 2.65 bits per heavy atom. The molecule has 0 saturated carbocycles. The van der Waals surface area contributed by atoms with E-state index < -0.39 is 23.9 Å². The zero-order valence-electron chi connectivity index (χ0n) is 8.48. The maximum Gasteiger partial charge on any atom is 0.433 e. The average molecular weight is 247 g/mol. The Bertz CT molecular complexity index is 449. The number of aromatic nitrogens is 2. The van der Waals surface area contributed by atoms with Gasteiger partial charge in [0.25, 0.3) is 0 Å². The zero-order valence-corrected chi connectivity index (χ0v) is 8.48. The molecule has 0 aromatic carbocycles. The van der Waals surface area contributed by atoms with E-state index in [2.05, 4.69) is 9.97 Å². The lowest BCUT2D eigenvalue weighted by Crippen LogP contribution is -2.26. The molecular weight excluding hydrogens is 239 g/mol. The summed E-state index contributed by atoms with van der Waals surface area (Å²) in [5.41, 5.74) is -1.11. The summed E-state index contributed by atoms with van der Waals surface area (Å²) < 4.78 is 37.2. The van der Waals surface area contributed by atoms with Crippen molar-refractivity contribution in [2.24, 2.45) is 0 Å². The van der Waals surface area contributed by atoms with Gasteiger partial charge in [-0.25, -0.2) is 9.97 Å². The molecule has 1 aromatic heterocycles. The van der Waals surface area contributed by atoms with Crippen LogP contribution in [0.1, 0.15) is 12.1 Å². The number of anilines is 1. The number of rotatable bonds is 1. The fraction of sp³-hybridized carbons (Fsp3) is 0.444. The van der Waals surface area contributed by atoms with Gasteiger partial charge in [0, 0.05) is 6.07 Å². The normalized spacial score (nSPS) is 21.1. The largest absolute Gasteiger partial charge is 0.433 e. The van der Waals surface area contributed by atoms with E-state index in [1.807, 2.05) is 0 Å². The standard InChI is InChI=1S/C9H8F3N3O2/c10-9(11,12)6-2-7(14-4-13-6)15-3-5(16)1-8(15)17/h2,4-5,16H,1,3H2. The summed E-state index contributed by atoms with van der Waals surface area (Å²) >= 11 is 0. The number of amides is 1. The number of aliphatic hydroxyl groups excluding tert-OH is 1. The summed E-state index contributed by atoms with van der Waals surface area (Å²) in [5.74, 6) is -0.599. The van der Waals surface area contributed by atoms with Crippen LogP contribution in [0.3, 0.4) is 0 Å². The van der Waals surface area contributed by atoms with Crippen molar-refractivity contribution < 1.29 is 23.1 Å². The lowest BCUT2D eigenvalue weighted by molar-refractivity contribution is -0.141. The number of halogens is 3. The van der Waals surface area contributed by atoms with Crippen LogP contribution >= 0.6 is 0 Å². The van der Waals surface area contributed by atoms with Crippen LogP contribution in [0.15, 0.2) is 12.4 Å². The Morgan fingerprint density at radius 2 is 2.12 bits per heavy atom. The van der Waals surface area contributed by atoms with Crippen LogP contribution in [0.4, 0.5) is 19.0 Å². The molecular formula is C9H8F3N3O2. The van der Waals surface area contributed by atoms with E-state index in [1.54, 1.807) is 0 Å². The second-order valence-electron chi connectivity index (χ2n) is 3.62. The van der Waals surface area contributed by atoms with Gasteiger partial charge >= 0.3 is 6.18 Å². The van der Waals surface area contributed by atoms with Crippen molar-refractivity contribution in [1.29, 1.82) is 0 Å². The first-order valence-corrected chi connectivity index (χ1v) is 4.75. The number of nitrogens with zero attached hydrogens (tertiary/aromatic N) is 3. The molecule has 1 aliphatic rings. The van der Waals surface area contributed by atoms with Crippen LogP contribution in [0.5, 0.6) is 0 Å². The Kier molecular flexibility index (Phi) is 2.74. The molecule has 1 aliphatic heterocycles. The van der Waals surface area contributed by atoms with Crippen LogP contribution in [-0.2, 0) is 11.0 Å². The number of aliphatic hydroxyl groups is 1. The van der Waals surface area contributed by atoms with Gasteiger partial charge < -0.3 is 5.11 Å². The van der Waals surface area contributed by atoms with E-state index in [-0.39, 0.29) is 18.8 Å². The van der Waals surface area contributed by atoms with Crippen molar-refractivity contribution in [3.63, 3.8) is 0 Å². The van der Waals surface area contributed by atoms with Gasteiger partial charge in [0.2, 0.25) is 5.91 Å². The molecule has 0 spiro atoms. The summed E-state index contributed by atoms with van der Waals surface area (Å²) in [7, 11) is 0. The van der Waals surface area contributed by atoms with Crippen molar-refractivity contribution in [2.75, 3.05) is 11.4 Å². The van der Waals surface area contributed by atoms with E-state index in [0.717, 1.165) is 11.2 Å². The topological polar surface area (TPSA) is 66.3 Å². The van der Waals surface area contributed by atoms with Gasteiger partial charge in [-0.15, -0.1) is 0 Å². The molecule has 1 aromatic rings. The van der Waals surface area contributed by atoms with Gasteiger partial charge in [0.1, 0.15) is 17.8 Å². The molecule has 1 N–H and O–H groups in total. The third-order valence-corrected chi connectivity index (χ3v) is 2.32. The first-order valence-electron chi connectivity index (χ1n) is 4.75.